The van der Waals surface area contributed by atoms with Gasteiger partial charge in [-0.25, -0.2) is 4.98 Å². The van der Waals surface area contributed by atoms with Crippen molar-refractivity contribution in [2.45, 2.75) is 13.5 Å². The zero-order chi connectivity index (χ0) is 20.8. The molecule has 2 aromatic heterocycles. The van der Waals surface area contributed by atoms with E-state index in [4.69, 9.17) is 4.42 Å². The Morgan fingerprint density at radius 1 is 0.933 bits per heavy atom. The van der Waals surface area contributed by atoms with Gasteiger partial charge in [0.2, 0.25) is 11.9 Å². The van der Waals surface area contributed by atoms with Gasteiger partial charge >= 0.3 is 0 Å². The Balaban J connectivity index is 1.59. The van der Waals surface area contributed by atoms with Crippen molar-refractivity contribution in [3.05, 3.63) is 84.8 Å². The first-order valence-corrected chi connectivity index (χ1v) is 9.51. The van der Waals surface area contributed by atoms with Gasteiger partial charge < -0.3 is 20.4 Å². The fraction of sp³-hybridized carbons (Fsp3) is 0.0870. The van der Waals surface area contributed by atoms with Gasteiger partial charge in [0.25, 0.3) is 0 Å². The Hall–Kier alpha value is -4.13. The van der Waals surface area contributed by atoms with Gasteiger partial charge in [-0.3, -0.25) is 4.79 Å². The minimum absolute atomic E-state index is 0.109. The van der Waals surface area contributed by atoms with E-state index in [2.05, 4.69) is 25.9 Å². The van der Waals surface area contributed by atoms with E-state index in [9.17, 15) is 4.79 Å². The van der Waals surface area contributed by atoms with Crippen molar-refractivity contribution in [3.8, 4) is 11.3 Å². The van der Waals surface area contributed by atoms with E-state index >= 15 is 0 Å². The topological polar surface area (TPSA) is 92.1 Å². The second-order valence-electron chi connectivity index (χ2n) is 6.64. The van der Waals surface area contributed by atoms with Crippen LogP contribution in [0.5, 0.6) is 0 Å². The van der Waals surface area contributed by atoms with E-state index in [0.29, 0.717) is 18.3 Å². The number of anilines is 4. The molecule has 0 atom stereocenters. The largest absolute Gasteiger partial charge is 0.467 e. The molecule has 1 amide bonds. The van der Waals surface area contributed by atoms with Crippen LogP contribution in [-0.2, 0) is 11.3 Å². The molecule has 0 saturated carbocycles. The maximum absolute atomic E-state index is 11.2. The highest BCUT2D eigenvalue weighted by molar-refractivity contribution is 5.88. The molecular formula is C23H21N5O2. The Kier molecular flexibility index (Phi) is 5.70. The lowest BCUT2D eigenvalue weighted by Crippen LogP contribution is -2.06. The average molecular weight is 399 g/mol. The number of nitrogens with one attached hydrogen (secondary N) is 3. The standard InChI is InChI=1S/C23H21N5O2/c1-16(29)25-18-9-11-19(12-10-18)26-23-27-21(17-6-3-2-4-7-17)14-22(28-23)24-15-20-8-5-13-30-20/h2-14H,15H2,1H3,(H,25,29)(H2,24,26,27,28). The summed E-state index contributed by atoms with van der Waals surface area (Å²) in [6.45, 7) is 2.00. The van der Waals surface area contributed by atoms with Crippen LogP contribution in [0.25, 0.3) is 11.3 Å². The van der Waals surface area contributed by atoms with Crippen molar-refractivity contribution in [2.24, 2.45) is 0 Å². The zero-order valence-corrected chi connectivity index (χ0v) is 16.4. The van der Waals surface area contributed by atoms with Crippen molar-refractivity contribution < 1.29 is 9.21 Å². The number of nitrogens with zero attached hydrogens (tertiary/aromatic N) is 2. The molecule has 7 heteroatoms. The molecule has 2 aromatic carbocycles. The summed E-state index contributed by atoms with van der Waals surface area (Å²) in [5.41, 5.74) is 3.33. The van der Waals surface area contributed by atoms with Crippen LogP contribution in [-0.4, -0.2) is 15.9 Å². The molecule has 4 aromatic rings. The molecule has 0 aliphatic rings. The molecule has 0 radical (unpaired) electrons. The van der Waals surface area contributed by atoms with Crippen molar-refractivity contribution in [1.29, 1.82) is 0 Å². The minimum Gasteiger partial charge on any atom is -0.467 e. The molecule has 0 saturated heterocycles. The van der Waals surface area contributed by atoms with E-state index in [-0.39, 0.29) is 5.91 Å². The molecule has 0 aliphatic heterocycles. The van der Waals surface area contributed by atoms with Gasteiger partial charge in [-0.2, -0.15) is 4.98 Å². The van der Waals surface area contributed by atoms with Crippen LogP contribution >= 0.6 is 0 Å². The molecule has 3 N–H and O–H groups in total. The number of benzene rings is 2. The van der Waals surface area contributed by atoms with Gasteiger partial charge in [-0.1, -0.05) is 30.3 Å². The quantitative estimate of drug-likeness (QED) is 0.403. The molecular weight excluding hydrogens is 378 g/mol. The van der Waals surface area contributed by atoms with E-state index < -0.39 is 0 Å². The summed E-state index contributed by atoms with van der Waals surface area (Å²) in [5, 5.41) is 9.26. The van der Waals surface area contributed by atoms with Crippen molar-refractivity contribution in [3.63, 3.8) is 0 Å². The first-order valence-electron chi connectivity index (χ1n) is 9.51. The van der Waals surface area contributed by atoms with Crippen molar-refractivity contribution in [1.82, 2.24) is 9.97 Å². The molecule has 0 aliphatic carbocycles. The van der Waals surface area contributed by atoms with Gasteiger partial charge in [-0.15, -0.1) is 0 Å². The van der Waals surface area contributed by atoms with E-state index in [0.717, 1.165) is 28.4 Å². The lowest BCUT2D eigenvalue weighted by molar-refractivity contribution is -0.114. The summed E-state index contributed by atoms with van der Waals surface area (Å²) in [6.07, 6.45) is 1.64. The summed E-state index contributed by atoms with van der Waals surface area (Å²) < 4.78 is 5.38. The second kappa shape index (κ2) is 8.91. The van der Waals surface area contributed by atoms with Crippen LogP contribution < -0.4 is 16.0 Å². The SMILES string of the molecule is CC(=O)Nc1ccc(Nc2nc(NCc3ccco3)cc(-c3ccccc3)n2)cc1. The lowest BCUT2D eigenvalue weighted by atomic mass is 10.1. The lowest BCUT2D eigenvalue weighted by Gasteiger charge is -2.11. The van der Waals surface area contributed by atoms with E-state index in [1.165, 1.54) is 6.92 Å². The number of furan rings is 1. The molecule has 0 spiro atoms. The van der Waals surface area contributed by atoms with Crippen LogP contribution in [0.15, 0.2) is 83.5 Å². The van der Waals surface area contributed by atoms with Crippen LogP contribution in [0.3, 0.4) is 0 Å². The van der Waals surface area contributed by atoms with Gasteiger partial charge in [0.05, 0.1) is 18.5 Å². The molecule has 4 rings (SSSR count). The summed E-state index contributed by atoms with van der Waals surface area (Å²) in [6, 6.07) is 22.9. The Morgan fingerprint density at radius 2 is 1.70 bits per heavy atom. The number of carbonyl (C=O) groups is 1. The summed E-state index contributed by atoms with van der Waals surface area (Å²) >= 11 is 0. The molecule has 150 valence electrons. The number of rotatable bonds is 7. The summed E-state index contributed by atoms with van der Waals surface area (Å²) in [5.74, 6) is 1.85. The number of hydrogen-bond donors (Lipinski definition) is 3. The number of hydrogen-bond acceptors (Lipinski definition) is 6. The average Bonchev–Trinajstić information content (AvgIpc) is 3.28. The number of amides is 1. The minimum atomic E-state index is -0.109. The van der Waals surface area contributed by atoms with Crippen molar-refractivity contribution in [2.75, 3.05) is 16.0 Å². The van der Waals surface area contributed by atoms with Crippen LogP contribution in [0.1, 0.15) is 12.7 Å². The molecule has 0 unspecified atom stereocenters. The Morgan fingerprint density at radius 3 is 2.40 bits per heavy atom. The van der Waals surface area contributed by atoms with Gasteiger partial charge in [-0.05, 0) is 36.4 Å². The predicted molar refractivity (Wildman–Crippen MR) is 118 cm³/mol. The fourth-order valence-electron chi connectivity index (χ4n) is 2.91. The van der Waals surface area contributed by atoms with Gasteiger partial charge in [0.1, 0.15) is 11.6 Å². The van der Waals surface area contributed by atoms with Gasteiger partial charge in [0, 0.05) is 29.9 Å². The maximum Gasteiger partial charge on any atom is 0.229 e. The normalized spacial score (nSPS) is 10.4. The third-order valence-electron chi connectivity index (χ3n) is 4.28. The second-order valence-corrected chi connectivity index (χ2v) is 6.64. The molecule has 0 bridgehead atoms. The van der Waals surface area contributed by atoms with Gasteiger partial charge in [0.15, 0.2) is 0 Å². The van der Waals surface area contributed by atoms with Crippen molar-refractivity contribution >= 4 is 29.0 Å². The summed E-state index contributed by atoms with van der Waals surface area (Å²) in [7, 11) is 0. The van der Waals surface area contributed by atoms with E-state index in [1.54, 1.807) is 6.26 Å². The van der Waals surface area contributed by atoms with Crippen LogP contribution in [0, 0.1) is 0 Å². The highest BCUT2D eigenvalue weighted by Crippen LogP contribution is 2.24. The Labute approximate surface area is 174 Å². The van der Waals surface area contributed by atoms with Crippen LogP contribution in [0.2, 0.25) is 0 Å². The van der Waals surface area contributed by atoms with Crippen LogP contribution in [0.4, 0.5) is 23.1 Å². The summed E-state index contributed by atoms with van der Waals surface area (Å²) in [4.78, 5) is 20.4. The maximum atomic E-state index is 11.2. The first kappa shape index (κ1) is 19.2. The highest BCUT2D eigenvalue weighted by atomic mass is 16.3. The monoisotopic (exact) mass is 399 g/mol. The molecule has 0 fully saturated rings. The predicted octanol–water partition coefficient (Wildman–Crippen LogP) is 5.05. The number of aromatic nitrogens is 2. The third-order valence-corrected chi connectivity index (χ3v) is 4.28. The molecule has 2 heterocycles. The first-order chi connectivity index (χ1) is 14.7. The third kappa shape index (κ3) is 5.02. The van der Waals surface area contributed by atoms with E-state index in [1.807, 2.05) is 72.8 Å². The molecule has 30 heavy (non-hydrogen) atoms. The highest BCUT2D eigenvalue weighted by Gasteiger charge is 2.08. The zero-order valence-electron chi connectivity index (χ0n) is 16.4. The molecule has 7 nitrogen and oxygen atoms in total. The smallest absolute Gasteiger partial charge is 0.229 e. The number of carbonyl (C=O) groups excluding carboxylic acids is 1. The fourth-order valence-corrected chi connectivity index (χ4v) is 2.91. The Bertz CT molecular complexity index is 1110.